The zero-order chi connectivity index (χ0) is 22.1. The van der Waals surface area contributed by atoms with E-state index in [0.29, 0.717) is 18.7 Å². The third-order valence-electron chi connectivity index (χ3n) is 5.81. The Morgan fingerprint density at radius 1 is 1.13 bits per heavy atom. The summed E-state index contributed by atoms with van der Waals surface area (Å²) in [6.07, 6.45) is 1.69. The summed E-state index contributed by atoms with van der Waals surface area (Å²) >= 11 is 3.38. The Morgan fingerprint density at radius 3 is 2.39 bits per heavy atom. The molecule has 2 saturated heterocycles. The van der Waals surface area contributed by atoms with Gasteiger partial charge in [0, 0.05) is 43.0 Å². The average molecular weight is 485 g/mol. The number of carbonyl (C=O) groups is 2. The van der Waals surface area contributed by atoms with E-state index < -0.39 is 17.7 Å². The van der Waals surface area contributed by atoms with E-state index in [9.17, 15) is 14.7 Å². The van der Waals surface area contributed by atoms with E-state index in [2.05, 4.69) is 15.9 Å². The van der Waals surface area contributed by atoms with Crippen LogP contribution in [0.3, 0.4) is 0 Å². The van der Waals surface area contributed by atoms with Crippen LogP contribution in [-0.2, 0) is 14.3 Å². The molecule has 7 heteroatoms. The Labute approximate surface area is 190 Å². The molecular formula is C24H25BrN2O4. The fraction of sp³-hybridized carbons (Fsp3) is 0.333. The topological polar surface area (TPSA) is 70.1 Å². The van der Waals surface area contributed by atoms with Gasteiger partial charge >= 0.3 is 0 Å². The highest BCUT2D eigenvalue weighted by atomic mass is 79.9. The number of amides is 1. The average Bonchev–Trinajstić information content (AvgIpc) is 3.36. The molecular weight excluding hydrogens is 460 g/mol. The molecule has 0 aliphatic carbocycles. The Bertz CT molecular complexity index is 1010. The van der Waals surface area contributed by atoms with Crippen molar-refractivity contribution in [3.8, 4) is 0 Å². The standard InChI is InChI=1S/C24H25BrN2O4/c1-26(2)18-11-7-15(8-12-18)21-20(22(28)16-5-9-17(25)10-6-16)23(29)24(30)27(21)14-19-4-3-13-31-19/h5-12,19,21,28H,3-4,13-14H2,1-2H3/t19-,21-/m0/s1. The number of likely N-dealkylation sites (tertiary alicyclic amines) is 1. The molecule has 2 heterocycles. The second kappa shape index (κ2) is 8.85. The van der Waals surface area contributed by atoms with Crippen LogP contribution in [0.5, 0.6) is 0 Å². The summed E-state index contributed by atoms with van der Waals surface area (Å²) < 4.78 is 6.59. The molecule has 0 radical (unpaired) electrons. The lowest BCUT2D eigenvalue weighted by Gasteiger charge is -2.28. The predicted octanol–water partition coefficient (Wildman–Crippen LogP) is 4.12. The number of ketones is 1. The Balaban J connectivity index is 1.80. The van der Waals surface area contributed by atoms with Gasteiger partial charge in [0.2, 0.25) is 0 Å². The van der Waals surface area contributed by atoms with Crippen molar-refractivity contribution in [2.45, 2.75) is 25.0 Å². The van der Waals surface area contributed by atoms with Gasteiger partial charge in [0.25, 0.3) is 11.7 Å². The number of ether oxygens (including phenoxy) is 1. The van der Waals surface area contributed by atoms with Crippen LogP contribution in [0.25, 0.3) is 5.76 Å². The highest BCUT2D eigenvalue weighted by Crippen LogP contribution is 2.40. The van der Waals surface area contributed by atoms with Crippen molar-refractivity contribution in [2.75, 3.05) is 32.1 Å². The van der Waals surface area contributed by atoms with Crippen LogP contribution in [0.1, 0.15) is 30.0 Å². The van der Waals surface area contributed by atoms with Gasteiger partial charge in [-0.15, -0.1) is 0 Å². The minimum absolute atomic E-state index is 0.102. The van der Waals surface area contributed by atoms with Crippen molar-refractivity contribution in [2.24, 2.45) is 0 Å². The predicted molar refractivity (Wildman–Crippen MR) is 123 cm³/mol. The third-order valence-corrected chi connectivity index (χ3v) is 6.34. The number of halogens is 1. The molecule has 2 aliphatic heterocycles. The van der Waals surface area contributed by atoms with Crippen LogP contribution < -0.4 is 4.90 Å². The quantitative estimate of drug-likeness (QED) is 0.392. The maximum atomic E-state index is 13.1. The molecule has 0 spiro atoms. The Kier molecular flexibility index (Phi) is 6.16. The van der Waals surface area contributed by atoms with E-state index in [4.69, 9.17) is 4.74 Å². The molecule has 0 aromatic heterocycles. The van der Waals surface area contributed by atoms with Gasteiger partial charge in [0.05, 0.1) is 17.7 Å². The number of aliphatic hydroxyl groups excluding tert-OH is 1. The van der Waals surface area contributed by atoms with Crippen LogP contribution in [-0.4, -0.2) is 55.0 Å². The third kappa shape index (κ3) is 4.25. The van der Waals surface area contributed by atoms with Gasteiger partial charge < -0.3 is 19.6 Å². The highest BCUT2D eigenvalue weighted by Gasteiger charge is 2.47. The maximum Gasteiger partial charge on any atom is 0.295 e. The van der Waals surface area contributed by atoms with E-state index in [1.165, 1.54) is 0 Å². The molecule has 2 aromatic rings. The second-order valence-corrected chi connectivity index (χ2v) is 9.00. The van der Waals surface area contributed by atoms with Crippen LogP contribution in [0.15, 0.2) is 58.6 Å². The molecule has 2 fully saturated rings. The normalized spacial score (nSPS) is 22.9. The largest absolute Gasteiger partial charge is 0.507 e. The number of aliphatic hydroxyl groups is 1. The summed E-state index contributed by atoms with van der Waals surface area (Å²) in [6, 6.07) is 14.1. The molecule has 2 aliphatic rings. The van der Waals surface area contributed by atoms with Crippen molar-refractivity contribution >= 4 is 39.1 Å². The van der Waals surface area contributed by atoms with Crippen molar-refractivity contribution in [1.82, 2.24) is 4.90 Å². The van der Waals surface area contributed by atoms with Gasteiger partial charge in [-0.25, -0.2) is 0 Å². The molecule has 1 N–H and O–H groups in total. The summed E-state index contributed by atoms with van der Waals surface area (Å²) in [5.41, 5.74) is 2.39. The first-order chi connectivity index (χ1) is 14.9. The van der Waals surface area contributed by atoms with E-state index in [1.807, 2.05) is 43.3 Å². The SMILES string of the molecule is CN(C)c1ccc([C@H]2C(=C(O)c3ccc(Br)cc3)C(=O)C(=O)N2C[C@@H]2CCCO2)cc1. The maximum absolute atomic E-state index is 13.1. The number of anilines is 1. The van der Waals surface area contributed by atoms with Crippen molar-refractivity contribution in [1.29, 1.82) is 0 Å². The van der Waals surface area contributed by atoms with E-state index >= 15 is 0 Å². The zero-order valence-electron chi connectivity index (χ0n) is 17.5. The van der Waals surface area contributed by atoms with Gasteiger partial charge in [-0.1, -0.05) is 40.2 Å². The Morgan fingerprint density at radius 2 is 1.81 bits per heavy atom. The fourth-order valence-electron chi connectivity index (χ4n) is 4.14. The van der Waals surface area contributed by atoms with Crippen LogP contribution >= 0.6 is 15.9 Å². The fourth-order valence-corrected chi connectivity index (χ4v) is 4.40. The summed E-state index contributed by atoms with van der Waals surface area (Å²) in [5, 5.41) is 11.1. The molecule has 0 unspecified atom stereocenters. The van der Waals surface area contributed by atoms with Gasteiger partial charge in [-0.3, -0.25) is 9.59 Å². The molecule has 2 atom stereocenters. The molecule has 2 aromatic carbocycles. The number of nitrogens with zero attached hydrogens (tertiary/aromatic N) is 2. The minimum atomic E-state index is -0.667. The summed E-state index contributed by atoms with van der Waals surface area (Å²) in [6.45, 7) is 0.984. The summed E-state index contributed by atoms with van der Waals surface area (Å²) in [4.78, 5) is 29.6. The first-order valence-corrected chi connectivity index (χ1v) is 11.1. The number of carbonyl (C=O) groups excluding carboxylic acids is 2. The number of hydrogen-bond acceptors (Lipinski definition) is 5. The van der Waals surface area contributed by atoms with E-state index in [-0.39, 0.29) is 17.4 Å². The monoisotopic (exact) mass is 484 g/mol. The Hall–Kier alpha value is -2.64. The molecule has 4 rings (SSSR count). The first-order valence-electron chi connectivity index (χ1n) is 10.3. The summed E-state index contributed by atoms with van der Waals surface area (Å²) in [7, 11) is 3.90. The van der Waals surface area contributed by atoms with Gasteiger partial charge in [0.15, 0.2) is 0 Å². The van der Waals surface area contributed by atoms with Crippen molar-refractivity contribution in [3.63, 3.8) is 0 Å². The van der Waals surface area contributed by atoms with E-state index in [0.717, 1.165) is 28.6 Å². The van der Waals surface area contributed by atoms with Crippen LogP contribution in [0.4, 0.5) is 5.69 Å². The van der Waals surface area contributed by atoms with Crippen molar-refractivity contribution < 1.29 is 19.4 Å². The molecule has 162 valence electrons. The van der Waals surface area contributed by atoms with E-state index in [1.54, 1.807) is 29.2 Å². The summed E-state index contributed by atoms with van der Waals surface area (Å²) in [5.74, 6) is -1.43. The number of benzene rings is 2. The molecule has 1 amide bonds. The lowest BCUT2D eigenvalue weighted by molar-refractivity contribution is -0.140. The van der Waals surface area contributed by atoms with Gasteiger partial charge in [-0.2, -0.15) is 0 Å². The lowest BCUT2D eigenvalue weighted by atomic mass is 9.95. The number of rotatable bonds is 5. The first kappa shape index (κ1) is 21.6. The molecule has 6 nitrogen and oxygen atoms in total. The number of Topliss-reactive ketones (excluding diaryl/α,β-unsaturated/α-hetero) is 1. The van der Waals surface area contributed by atoms with Gasteiger partial charge in [0.1, 0.15) is 5.76 Å². The second-order valence-electron chi connectivity index (χ2n) is 8.08. The van der Waals surface area contributed by atoms with Gasteiger partial charge in [-0.05, 0) is 42.7 Å². The zero-order valence-corrected chi connectivity index (χ0v) is 19.1. The lowest BCUT2D eigenvalue weighted by Crippen LogP contribution is -2.36. The minimum Gasteiger partial charge on any atom is -0.507 e. The molecule has 31 heavy (non-hydrogen) atoms. The number of hydrogen-bond donors (Lipinski definition) is 1. The van der Waals surface area contributed by atoms with Crippen molar-refractivity contribution in [3.05, 3.63) is 69.7 Å². The van der Waals surface area contributed by atoms with Crippen LogP contribution in [0.2, 0.25) is 0 Å². The molecule has 0 saturated carbocycles. The molecule has 0 bridgehead atoms. The smallest absolute Gasteiger partial charge is 0.295 e. The van der Waals surface area contributed by atoms with Crippen LogP contribution in [0, 0.1) is 0 Å². The highest BCUT2D eigenvalue weighted by molar-refractivity contribution is 9.10.